The van der Waals surface area contributed by atoms with E-state index in [1.165, 1.54) is 44.9 Å². The van der Waals surface area contributed by atoms with Gasteiger partial charge in [0.15, 0.2) is 0 Å². The Labute approximate surface area is 187 Å². The minimum atomic E-state index is -2.87. The largest absolute Gasteiger partial charge is 0.407 e. The molecule has 5 heteroatoms. The Hall–Kier alpha value is -0.843. The highest BCUT2D eigenvalue weighted by Crippen LogP contribution is 2.15. The van der Waals surface area contributed by atoms with Crippen LogP contribution in [0, 0.1) is 0 Å². The van der Waals surface area contributed by atoms with Crippen LogP contribution < -0.4 is 10.4 Å². The molecule has 0 radical (unpaired) electrons. The van der Waals surface area contributed by atoms with Gasteiger partial charge in [-0.25, -0.2) is 0 Å². The Kier molecular flexibility index (Phi) is 12.0. The van der Waals surface area contributed by atoms with Gasteiger partial charge in [-0.05, 0) is 16.8 Å². The monoisotopic (exact) mass is 452 g/mol. The standard InChI is InChI=1S/C24H34Cl2O2Si/c1-2-3-4-5-6-7-8-15-20-27-29(28-21-24(25)26,22-16-11-9-12-17-22)23-18-13-10-14-19-23/h9-14,16-19,24H,2-8,15,20-21H2,1H3. The van der Waals surface area contributed by atoms with Crippen molar-refractivity contribution in [2.24, 2.45) is 0 Å². The molecule has 0 bridgehead atoms. The zero-order chi connectivity index (χ0) is 20.8. The summed E-state index contributed by atoms with van der Waals surface area (Å²) in [6, 6.07) is 20.5. The van der Waals surface area contributed by atoms with Gasteiger partial charge in [0.05, 0.1) is 6.61 Å². The molecule has 2 nitrogen and oxygen atoms in total. The fourth-order valence-electron chi connectivity index (χ4n) is 3.49. The highest BCUT2D eigenvalue weighted by molar-refractivity contribution is 6.92. The third-order valence-corrected chi connectivity index (χ3v) is 8.65. The minimum Gasteiger partial charge on any atom is -0.388 e. The summed E-state index contributed by atoms with van der Waals surface area (Å²) in [4.78, 5) is -0.582. The smallest absolute Gasteiger partial charge is 0.388 e. The van der Waals surface area contributed by atoms with E-state index in [0.29, 0.717) is 6.61 Å². The molecule has 0 N–H and O–H groups in total. The predicted octanol–water partition coefficient (Wildman–Crippen LogP) is 6.22. The van der Waals surface area contributed by atoms with E-state index in [1.807, 2.05) is 36.4 Å². The highest BCUT2D eigenvalue weighted by Gasteiger charge is 2.43. The molecular formula is C24H34Cl2O2Si. The molecule has 0 unspecified atom stereocenters. The van der Waals surface area contributed by atoms with Crippen LogP contribution in [0.5, 0.6) is 0 Å². The number of alkyl halides is 2. The number of hydrogen-bond acceptors (Lipinski definition) is 2. The molecule has 0 aromatic heterocycles. The van der Waals surface area contributed by atoms with Crippen LogP contribution in [-0.4, -0.2) is 26.6 Å². The van der Waals surface area contributed by atoms with Crippen LogP contribution in [0.15, 0.2) is 60.7 Å². The Balaban J connectivity index is 2.04. The van der Waals surface area contributed by atoms with Gasteiger partial charge in [0.25, 0.3) is 0 Å². The summed E-state index contributed by atoms with van der Waals surface area (Å²) in [7, 11) is -2.87. The minimum absolute atomic E-state index is 0.247. The van der Waals surface area contributed by atoms with Crippen LogP contribution in [0.4, 0.5) is 0 Å². The Morgan fingerprint density at radius 1 is 0.690 bits per heavy atom. The zero-order valence-electron chi connectivity index (χ0n) is 17.5. The van der Waals surface area contributed by atoms with E-state index in [1.54, 1.807) is 0 Å². The summed E-state index contributed by atoms with van der Waals surface area (Å²) >= 11 is 12.0. The summed E-state index contributed by atoms with van der Waals surface area (Å²) in [5, 5.41) is 2.17. The van der Waals surface area contributed by atoms with E-state index in [9.17, 15) is 0 Å². The molecule has 0 heterocycles. The second-order valence-corrected chi connectivity index (χ2v) is 11.6. The van der Waals surface area contributed by atoms with Crippen molar-refractivity contribution in [1.82, 2.24) is 0 Å². The first-order valence-corrected chi connectivity index (χ1v) is 13.5. The molecule has 0 atom stereocenters. The van der Waals surface area contributed by atoms with E-state index in [4.69, 9.17) is 32.1 Å². The van der Waals surface area contributed by atoms with E-state index in [0.717, 1.165) is 16.8 Å². The van der Waals surface area contributed by atoms with Crippen molar-refractivity contribution in [2.75, 3.05) is 13.2 Å². The summed E-state index contributed by atoms with van der Waals surface area (Å²) in [6.45, 7) is 3.18. The van der Waals surface area contributed by atoms with Gasteiger partial charge >= 0.3 is 8.56 Å². The molecule has 0 saturated carbocycles. The SMILES string of the molecule is CCCCCCCCCCO[Si](OCC(Cl)Cl)(c1ccccc1)c1ccccc1. The Morgan fingerprint density at radius 3 is 1.66 bits per heavy atom. The van der Waals surface area contributed by atoms with Crippen molar-refractivity contribution in [3.8, 4) is 0 Å². The molecule has 2 aromatic rings. The predicted molar refractivity (Wildman–Crippen MR) is 128 cm³/mol. The normalized spacial score (nSPS) is 11.9. The lowest BCUT2D eigenvalue weighted by molar-refractivity contribution is 0.193. The van der Waals surface area contributed by atoms with Gasteiger partial charge in [0, 0.05) is 6.61 Å². The van der Waals surface area contributed by atoms with Gasteiger partial charge in [-0.2, -0.15) is 0 Å². The van der Waals surface area contributed by atoms with Crippen LogP contribution in [0.1, 0.15) is 58.3 Å². The van der Waals surface area contributed by atoms with Crippen LogP contribution in [0.25, 0.3) is 0 Å². The molecule has 2 aromatic carbocycles. The lowest BCUT2D eigenvalue weighted by atomic mass is 10.1. The highest BCUT2D eigenvalue weighted by atomic mass is 35.5. The van der Waals surface area contributed by atoms with E-state index >= 15 is 0 Å². The quantitative estimate of drug-likeness (QED) is 0.181. The van der Waals surface area contributed by atoms with E-state index < -0.39 is 13.4 Å². The number of unbranched alkanes of at least 4 members (excludes halogenated alkanes) is 7. The van der Waals surface area contributed by atoms with Gasteiger partial charge in [-0.15, -0.1) is 23.2 Å². The first-order valence-electron chi connectivity index (χ1n) is 10.9. The van der Waals surface area contributed by atoms with Crippen molar-refractivity contribution < 1.29 is 8.85 Å². The van der Waals surface area contributed by atoms with E-state index in [-0.39, 0.29) is 6.61 Å². The fraction of sp³-hybridized carbons (Fsp3) is 0.500. The molecule has 2 rings (SSSR count). The maximum Gasteiger partial charge on any atom is 0.407 e. The number of benzene rings is 2. The summed E-state index contributed by atoms with van der Waals surface area (Å²) in [5.41, 5.74) is 0. The molecular weight excluding hydrogens is 419 g/mol. The Bertz CT molecular complexity index is 613. The topological polar surface area (TPSA) is 18.5 Å². The third kappa shape index (κ3) is 8.43. The van der Waals surface area contributed by atoms with Crippen LogP contribution in [0.2, 0.25) is 0 Å². The Morgan fingerprint density at radius 2 is 1.17 bits per heavy atom. The lowest BCUT2D eigenvalue weighted by Crippen LogP contribution is -2.63. The van der Waals surface area contributed by atoms with Crippen LogP contribution in [0.3, 0.4) is 0 Å². The van der Waals surface area contributed by atoms with E-state index in [2.05, 4.69) is 31.2 Å². The molecule has 0 aliphatic heterocycles. The maximum atomic E-state index is 6.60. The van der Waals surface area contributed by atoms with Crippen molar-refractivity contribution >= 4 is 42.1 Å². The molecule has 29 heavy (non-hydrogen) atoms. The van der Waals surface area contributed by atoms with Crippen molar-refractivity contribution in [2.45, 2.75) is 63.1 Å². The van der Waals surface area contributed by atoms with Gasteiger partial charge in [-0.3, -0.25) is 0 Å². The molecule has 0 aliphatic carbocycles. The van der Waals surface area contributed by atoms with Gasteiger partial charge < -0.3 is 8.85 Å². The number of halogens is 2. The molecule has 0 saturated heterocycles. The summed E-state index contributed by atoms with van der Waals surface area (Å²) < 4.78 is 13.0. The molecule has 0 aliphatic rings. The average molecular weight is 454 g/mol. The van der Waals surface area contributed by atoms with Crippen LogP contribution >= 0.6 is 23.2 Å². The number of rotatable bonds is 15. The van der Waals surface area contributed by atoms with Gasteiger partial charge in [0.1, 0.15) is 4.84 Å². The lowest BCUT2D eigenvalue weighted by Gasteiger charge is -2.32. The van der Waals surface area contributed by atoms with Gasteiger partial charge in [-0.1, -0.05) is 113 Å². The molecule has 0 fully saturated rings. The molecule has 160 valence electrons. The summed E-state index contributed by atoms with van der Waals surface area (Å²) in [6.07, 6.45) is 10.2. The van der Waals surface area contributed by atoms with Crippen molar-refractivity contribution in [1.29, 1.82) is 0 Å². The summed E-state index contributed by atoms with van der Waals surface area (Å²) in [5.74, 6) is 0. The maximum absolute atomic E-state index is 6.60. The average Bonchev–Trinajstić information content (AvgIpc) is 2.76. The second kappa shape index (κ2) is 14.2. The third-order valence-electron chi connectivity index (χ3n) is 5.02. The second-order valence-electron chi connectivity index (χ2n) is 7.37. The number of hydrogen-bond donors (Lipinski definition) is 0. The van der Waals surface area contributed by atoms with Crippen LogP contribution in [-0.2, 0) is 8.85 Å². The zero-order valence-corrected chi connectivity index (χ0v) is 20.0. The van der Waals surface area contributed by atoms with Gasteiger partial charge in [0.2, 0.25) is 0 Å². The fourth-order valence-corrected chi connectivity index (χ4v) is 7.01. The molecule has 0 spiro atoms. The first-order chi connectivity index (χ1) is 14.2. The van der Waals surface area contributed by atoms with Crippen molar-refractivity contribution in [3.63, 3.8) is 0 Å². The first kappa shape index (κ1) is 24.4. The van der Waals surface area contributed by atoms with Crippen molar-refractivity contribution in [3.05, 3.63) is 60.7 Å². The molecule has 0 amide bonds.